The highest BCUT2D eigenvalue weighted by Gasteiger charge is 2.33. The van der Waals surface area contributed by atoms with Crippen molar-refractivity contribution in [1.82, 2.24) is 20.4 Å². The highest BCUT2D eigenvalue weighted by atomic mass is 19.4. The summed E-state index contributed by atoms with van der Waals surface area (Å²) in [5.41, 5.74) is -0.484. The van der Waals surface area contributed by atoms with Crippen molar-refractivity contribution in [2.24, 2.45) is 5.92 Å². The fourth-order valence-electron chi connectivity index (χ4n) is 3.64. The Hall–Kier alpha value is -2.88. The van der Waals surface area contributed by atoms with E-state index in [0.29, 0.717) is 12.8 Å². The van der Waals surface area contributed by atoms with Crippen LogP contribution in [-0.4, -0.2) is 45.9 Å². The van der Waals surface area contributed by atoms with Crippen LogP contribution in [0, 0.1) is 5.92 Å². The molecule has 1 aromatic carbocycles. The van der Waals surface area contributed by atoms with Crippen LogP contribution in [0.25, 0.3) is 0 Å². The van der Waals surface area contributed by atoms with Gasteiger partial charge < -0.3 is 15.7 Å². The summed E-state index contributed by atoms with van der Waals surface area (Å²) in [6.45, 7) is 1.80. The number of carbonyl (C=O) groups excluding carboxylic acids is 2. The van der Waals surface area contributed by atoms with Gasteiger partial charge >= 0.3 is 6.18 Å². The van der Waals surface area contributed by atoms with Gasteiger partial charge in [0.15, 0.2) is 5.69 Å². The molecule has 162 valence electrons. The Morgan fingerprint density at radius 1 is 1.23 bits per heavy atom. The number of rotatable bonds is 5. The molecular formula is C20H23F3N4O3. The lowest BCUT2D eigenvalue weighted by Crippen LogP contribution is -2.37. The van der Waals surface area contributed by atoms with E-state index in [1.165, 1.54) is 29.9 Å². The Bertz CT molecular complexity index is 942. The molecule has 1 aliphatic carbocycles. The molecule has 7 nitrogen and oxygen atoms in total. The maximum Gasteiger partial charge on any atom is 0.416 e. The first kappa shape index (κ1) is 21.8. The van der Waals surface area contributed by atoms with Crippen LogP contribution in [0.4, 0.5) is 13.2 Å². The standard InChI is InChI=1S/C20H23F3N4O3/c1-11-6-14(28)8-15(11)25-19(30)17-9-16(18(29)24-2)26-27(17)10-12-4-3-5-13(7-12)20(21,22)23/h3-5,7,9,11,14-15,28H,6,8,10H2,1-2H3,(H,24,29)(H,25,30). The summed E-state index contributed by atoms with van der Waals surface area (Å²) in [7, 11) is 1.41. The quantitative estimate of drug-likeness (QED) is 0.686. The third-order valence-electron chi connectivity index (χ3n) is 5.23. The van der Waals surface area contributed by atoms with Crippen LogP contribution in [0.3, 0.4) is 0 Å². The lowest BCUT2D eigenvalue weighted by atomic mass is 10.1. The topological polar surface area (TPSA) is 96.3 Å². The average Bonchev–Trinajstić information content (AvgIpc) is 3.23. The zero-order chi connectivity index (χ0) is 22.1. The fraction of sp³-hybridized carbons (Fsp3) is 0.450. The number of nitrogens with one attached hydrogen (secondary N) is 2. The molecule has 0 bridgehead atoms. The fourth-order valence-corrected chi connectivity index (χ4v) is 3.64. The smallest absolute Gasteiger partial charge is 0.393 e. The number of hydrogen-bond donors (Lipinski definition) is 3. The van der Waals surface area contributed by atoms with E-state index in [1.807, 2.05) is 6.92 Å². The summed E-state index contributed by atoms with van der Waals surface area (Å²) in [5, 5.41) is 19.1. The van der Waals surface area contributed by atoms with Crippen molar-refractivity contribution in [3.63, 3.8) is 0 Å². The van der Waals surface area contributed by atoms with Gasteiger partial charge in [0.05, 0.1) is 18.2 Å². The number of carbonyl (C=O) groups is 2. The van der Waals surface area contributed by atoms with Crippen LogP contribution in [0.15, 0.2) is 30.3 Å². The van der Waals surface area contributed by atoms with Crippen molar-refractivity contribution in [1.29, 1.82) is 0 Å². The molecule has 3 atom stereocenters. The molecule has 0 spiro atoms. The molecular weight excluding hydrogens is 401 g/mol. The molecule has 0 saturated heterocycles. The minimum absolute atomic E-state index is 0.0193. The van der Waals surface area contributed by atoms with Crippen molar-refractivity contribution in [3.8, 4) is 0 Å². The van der Waals surface area contributed by atoms with Crippen molar-refractivity contribution in [2.75, 3.05) is 7.05 Å². The number of aliphatic hydroxyl groups excluding tert-OH is 1. The number of alkyl halides is 3. The second kappa shape index (κ2) is 8.47. The number of aromatic nitrogens is 2. The molecule has 30 heavy (non-hydrogen) atoms. The van der Waals surface area contributed by atoms with E-state index >= 15 is 0 Å². The second-order valence-corrected chi connectivity index (χ2v) is 7.53. The molecule has 2 aromatic rings. The Balaban J connectivity index is 1.89. The maximum atomic E-state index is 13.0. The van der Waals surface area contributed by atoms with E-state index in [4.69, 9.17) is 0 Å². The largest absolute Gasteiger partial charge is 0.416 e. The van der Waals surface area contributed by atoms with Crippen molar-refractivity contribution in [2.45, 2.75) is 44.6 Å². The average molecular weight is 424 g/mol. The normalized spacial score (nSPS) is 21.5. The van der Waals surface area contributed by atoms with Gasteiger partial charge in [0.1, 0.15) is 5.69 Å². The summed E-state index contributed by atoms with van der Waals surface area (Å²) in [6, 6.07) is 5.78. The monoisotopic (exact) mass is 424 g/mol. The number of hydrogen-bond acceptors (Lipinski definition) is 4. The summed E-state index contributed by atoms with van der Waals surface area (Å²) >= 11 is 0. The molecule has 3 rings (SSSR count). The molecule has 10 heteroatoms. The highest BCUT2D eigenvalue weighted by Crippen LogP contribution is 2.30. The van der Waals surface area contributed by atoms with E-state index in [2.05, 4.69) is 15.7 Å². The van der Waals surface area contributed by atoms with E-state index in [-0.39, 0.29) is 35.5 Å². The van der Waals surface area contributed by atoms with Crippen LogP contribution in [0.2, 0.25) is 0 Å². The molecule has 1 aromatic heterocycles. The Labute approximate surface area is 171 Å². The number of nitrogens with zero attached hydrogens (tertiary/aromatic N) is 2. The van der Waals surface area contributed by atoms with Crippen LogP contribution < -0.4 is 10.6 Å². The molecule has 0 radical (unpaired) electrons. The van der Waals surface area contributed by atoms with Gasteiger partial charge in [0.2, 0.25) is 0 Å². The first-order valence-electron chi connectivity index (χ1n) is 9.53. The lowest BCUT2D eigenvalue weighted by Gasteiger charge is -2.17. The van der Waals surface area contributed by atoms with Crippen molar-refractivity contribution >= 4 is 11.8 Å². The van der Waals surface area contributed by atoms with E-state index in [1.54, 1.807) is 0 Å². The summed E-state index contributed by atoms with van der Waals surface area (Å²) in [4.78, 5) is 24.8. The predicted molar refractivity (Wildman–Crippen MR) is 102 cm³/mol. The van der Waals surface area contributed by atoms with Crippen LogP contribution in [0.5, 0.6) is 0 Å². The van der Waals surface area contributed by atoms with Crippen molar-refractivity contribution < 1.29 is 27.9 Å². The molecule has 3 unspecified atom stereocenters. The summed E-state index contributed by atoms with van der Waals surface area (Å²) in [5.74, 6) is -0.950. The highest BCUT2D eigenvalue weighted by molar-refractivity contribution is 5.98. The molecule has 0 aliphatic heterocycles. The molecule has 1 aliphatic rings. The second-order valence-electron chi connectivity index (χ2n) is 7.53. The van der Waals surface area contributed by atoms with Gasteiger partial charge in [0, 0.05) is 19.2 Å². The first-order chi connectivity index (χ1) is 14.1. The molecule has 1 fully saturated rings. The van der Waals surface area contributed by atoms with Gasteiger partial charge in [-0.2, -0.15) is 18.3 Å². The Morgan fingerprint density at radius 2 is 1.97 bits per heavy atom. The first-order valence-corrected chi connectivity index (χ1v) is 9.53. The Morgan fingerprint density at radius 3 is 2.57 bits per heavy atom. The molecule has 2 amide bonds. The number of benzene rings is 1. The SMILES string of the molecule is CNC(=O)c1cc(C(=O)NC2CC(O)CC2C)n(Cc2cccc(C(F)(F)F)c2)n1. The van der Waals surface area contributed by atoms with Crippen molar-refractivity contribution in [3.05, 3.63) is 52.8 Å². The Kier molecular flexibility index (Phi) is 6.16. The van der Waals surface area contributed by atoms with Gasteiger partial charge in [-0.3, -0.25) is 14.3 Å². The summed E-state index contributed by atoms with van der Waals surface area (Å²) < 4.78 is 40.2. The minimum Gasteiger partial charge on any atom is -0.393 e. The number of amides is 2. The number of aliphatic hydroxyl groups is 1. The van der Waals surface area contributed by atoms with Gasteiger partial charge in [-0.1, -0.05) is 19.1 Å². The van der Waals surface area contributed by atoms with E-state index in [0.717, 1.165) is 12.1 Å². The van der Waals surface area contributed by atoms with Gasteiger partial charge in [-0.15, -0.1) is 0 Å². The predicted octanol–water partition coefficient (Wildman–Crippen LogP) is 2.20. The molecule has 1 heterocycles. The van der Waals surface area contributed by atoms with Crippen LogP contribution in [-0.2, 0) is 12.7 Å². The molecule has 1 saturated carbocycles. The van der Waals surface area contributed by atoms with Gasteiger partial charge in [-0.25, -0.2) is 0 Å². The van der Waals surface area contributed by atoms with Crippen LogP contribution in [0.1, 0.15) is 51.9 Å². The maximum absolute atomic E-state index is 13.0. The van der Waals surface area contributed by atoms with E-state index in [9.17, 15) is 27.9 Å². The van der Waals surface area contributed by atoms with E-state index < -0.39 is 29.7 Å². The number of halogens is 3. The zero-order valence-corrected chi connectivity index (χ0v) is 16.5. The minimum atomic E-state index is -4.49. The third-order valence-corrected chi connectivity index (χ3v) is 5.23. The molecule has 3 N–H and O–H groups in total. The third kappa shape index (κ3) is 4.81. The zero-order valence-electron chi connectivity index (χ0n) is 16.5. The summed E-state index contributed by atoms with van der Waals surface area (Å²) in [6.07, 6.45) is -4.01. The van der Waals surface area contributed by atoms with Crippen LogP contribution >= 0.6 is 0 Å². The van der Waals surface area contributed by atoms with Gasteiger partial charge in [0.25, 0.3) is 11.8 Å². The van der Waals surface area contributed by atoms with Gasteiger partial charge in [-0.05, 0) is 36.5 Å². The lowest BCUT2D eigenvalue weighted by molar-refractivity contribution is -0.137.